The summed E-state index contributed by atoms with van der Waals surface area (Å²) in [6.45, 7) is 0. The summed E-state index contributed by atoms with van der Waals surface area (Å²) in [6, 6.07) is 10.7. The van der Waals surface area contributed by atoms with Gasteiger partial charge in [0.15, 0.2) is 0 Å². The number of ether oxygens (including phenoxy) is 2. The van der Waals surface area contributed by atoms with Crippen molar-refractivity contribution in [2.45, 2.75) is 4.90 Å². The highest BCUT2D eigenvalue weighted by molar-refractivity contribution is 7.92. The second-order valence-electron chi connectivity index (χ2n) is 6.05. The van der Waals surface area contributed by atoms with Crippen LogP contribution in [0, 0.1) is 5.82 Å². The summed E-state index contributed by atoms with van der Waals surface area (Å²) in [7, 11) is -2.27. The van der Waals surface area contributed by atoms with Gasteiger partial charge < -0.3 is 14.0 Å². The van der Waals surface area contributed by atoms with E-state index in [2.05, 4.69) is 14.2 Å². The Kier molecular flexibility index (Phi) is 5.88. The minimum Gasteiger partial charge on any atom is -0.465 e. The molecule has 8 nitrogen and oxygen atoms in total. The standard InChI is InChI=1S/C20H17FN2O6S/c1-28-19(24)13-5-7-15(20(25)29-2)18(11-13)30(26,27)22-17-12-14(6-8-16(17)21)23-9-3-4-10-23/h3-12,22H,1-2H3. The molecule has 0 saturated heterocycles. The molecule has 0 fully saturated rings. The Morgan fingerprint density at radius 1 is 0.967 bits per heavy atom. The Balaban J connectivity index is 2.08. The summed E-state index contributed by atoms with van der Waals surface area (Å²) < 4.78 is 53.4. The normalized spacial score (nSPS) is 11.0. The lowest BCUT2D eigenvalue weighted by Gasteiger charge is -2.14. The minimum absolute atomic E-state index is 0.105. The molecule has 3 aromatic rings. The number of hydrogen-bond donors (Lipinski definition) is 1. The Morgan fingerprint density at radius 3 is 2.27 bits per heavy atom. The summed E-state index contributed by atoms with van der Waals surface area (Å²) in [4.78, 5) is 23.3. The van der Waals surface area contributed by atoms with Gasteiger partial charge in [0.05, 0.1) is 31.0 Å². The van der Waals surface area contributed by atoms with Gasteiger partial charge in [-0.25, -0.2) is 22.4 Å². The fourth-order valence-electron chi connectivity index (χ4n) is 2.73. The van der Waals surface area contributed by atoms with Crippen molar-refractivity contribution < 1.29 is 31.9 Å². The molecule has 0 aliphatic carbocycles. The van der Waals surface area contributed by atoms with Crippen LogP contribution < -0.4 is 4.72 Å². The molecular formula is C20H17FN2O6S. The lowest BCUT2D eigenvalue weighted by atomic mass is 10.1. The van der Waals surface area contributed by atoms with Crippen LogP contribution in [0.2, 0.25) is 0 Å². The summed E-state index contributed by atoms with van der Waals surface area (Å²) >= 11 is 0. The molecule has 0 saturated carbocycles. The van der Waals surface area contributed by atoms with Gasteiger partial charge in [0.1, 0.15) is 10.7 Å². The second-order valence-corrected chi connectivity index (χ2v) is 7.70. The maximum atomic E-state index is 14.3. The van der Waals surface area contributed by atoms with Crippen molar-refractivity contribution in [2.75, 3.05) is 18.9 Å². The average molecular weight is 432 g/mol. The van der Waals surface area contributed by atoms with E-state index in [4.69, 9.17) is 0 Å². The smallest absolute Gasteiger partial charge is 0.339 e. The van der Waals surface area contributed by atoms with Crippen LogP contribution in [0.4, 0.5) is 10.1 Å². The van der Waals surface area contributed by atoms with Crippen molar-refractivity contribution in [3.8, 4) is 5.69 Å². The third kappa shape index (κ3) is 4.18. The summed E-state index contributed by atoms with van der Waals surface area (Å²) in [5.74, 6) is -2.56. The molecule has 156 valence electrons. The van der Waals surface area contributed by atoms with E-state index < -0.39 is 32.7 Å². The lowest BCUT2D eigenvalue weighted by molar-refractivity contribution is 0.0583. The van der Waals surface area contributed by atoms with Crippen LogP contribution >= 0.6 is 0 Å². The van der Waals surface area contributed by atoms with Gasteiger partial charge in [-0.3, -0.25) is 4.72 Å². The first-order valence-corrected chi connectivity index (χ1v) is 10.0. The maximum absolute atomic E-state index is 14.3. The predicted octanol–water partition coefficient (Wildman–Crippen LogP) is 2.99. The van der Waals surface area contributed by atoms with Crippen LogP contribution in [-0.4, -0.2) is 39.1 Å². The minimum atomic E-state index is -4.48. The van der Waals surface area contributed by atoms with Gasteiger partial charge in [-0.05, 0) is 48.5 Å². The number of benzene rings is 2. The number of nitrogens with zero attached hydrogens (tertiary/aromatic N) is 1. The number of sulfonamides is 1. The molecule has 3 rings (SSSR count). The Labute approximate surface area is 171 Å². The molecule has 0 aliphatic rings. The van der Waals surface area contributed by atoms with Crippen LogP contribution in [0.25, 0.3) is 5.69 Å². The number of anilines is 1. The number of aromatic nitrogens is 1. The van der Waals surface area contributed by atoms with Crippen LogP contribution in [0.3, 0.4) is 0 Å². The van der Waals surface area contributed by atoms with E-state index in [0.29, 0.717) is 5.69 Å². The van der Waals surface area contributed by atoms with E-state index in [1.807, 2.05) is 0 Å². The molecule has 0 aliphatic heterocycles. The van der Waals surface area contributed by atoms with Gasteiger partial charge in [-0.1, -0.05) is 0 Å². The fourth-order valence-corrected chi connectivity index (χ4v) is 4.01. The summed E-state index contributed by atoms with van der Waals surface area (Å²) in [5.41, 5.74) is -0.247. The number of methoxy groups -OCH3 is 2. The van der Waals surface area contributed by atoms with E-state index >= 15 is 0 Å². The van der Waals surface area contributed by atoms with Gasteiger partial charge in [-0.2, -0.15) is 0 Å². The van der Waals surface area contributed by atoms with E-state index in [-0.39, 0.29) is 16.8 Å². The number of carbonyl (C=O) groups is 2. The molecule has 1 heterocycles. The van der Waals surface area contributed by atoms with Gasteiger partial charge >= 0.3 is 11.9 Å². The Hall–Kier alpha value is -3.66. The van der Waals surface area contributed by atoms with Crippen molar-refractivity contribution >= 4 is 27.6 Å². The molecule has 2 aromatic carbocycles. The molecule has 0 amide bonds. The third-order valence-electron chi connectivity index (χ3n) is 4.19. The highest BCUT2D eigenvalue weighted by Gasteiger charge is 2.26. The largest absolute Gasteiger partial charge is 0.465 e. The summed E-state index contributed by atoms with van der Waals surface area (Å²) in [5, 5.41) is 0. The zero-order valence-corrected chi connectivity index (χ0v) is 16.8. The molecule has 10 heteroatoms. The van der Waals surface area contributed by atoms with Gasteiger partial charge in [-0.15, -0.1) is 0 Å². The fraction of sp³-hybridized carbons (Fsp3) is 0.100. The molecule has 0 bridgehead atoms. The predicted molar refractivity (Wildman–Crippen MR) is 106 cm³/mol. The van der Waals surface area contributed by atoms with Crippen molar-refractivity contribution in [3.63, 3.8) is 0 Å². The van der Waals surface area contributed by atoms with Crippen LogP contribution in [0.5, 0.6) is 0 Å². The van der Waals surface area contributed by atoms with Crippen molar-refractivity contribution in [1.29, 1.82) is 0 Å². The van der Waals surface area contributed by atoms with Gasteiger partial charge in [0.2, 0.25) is 0 Å². The number of nitrogens with one attached hydrogen (secondary N) is 1. The zero-order chi connectivity index (χ0) is 21.9. The quantitative estimate of drug-likeness (QED) is 0.601. The van der Waals surface area contributed by atoms with Crippen LogP contribution in [0.15, 0.2) is 65.8 Å². The number of rotatable bonds is 6. The van der Waals surface area contributed by atoms with E-state index in [0.717, 1.165) is 32.4 Å². The molecule has 0 unspecified atom stereocenters. The number of esters is 2. The molecule has 1 aromatic heterocycles. The van der Waals surface area contributed by atoms with E-state index in [9.17, 15) is 22.4 Å². The zero-order valence-electron chi connectivity index (χ0n) is 16.0. The van der Waals surface area contributed by atoms with Crippen LogP contribution in [0.1, 0.15) is 20.7 Å². The van der Waals surface area contributed by atoms with Crippen LogP contribution in [-0.2, 0) is 19.5 Å². The first-order valence-electron chi connectivity index (χ1n) is 8.53. The Bertz CT molecular complexity index is 1210. The van der Waals surface area contributed by atoms with Crippen molar-refractivity contribution in [2.24, 2.45) is 0 Å². The maximum Gasteiger partial charge on any atom is 0.339 e. The van der Waals surface area contributed by atoms with Gasteiger partial charge in [0.25, 0.3) is 10.0 Å². The average Bonchev–Trinajstić information content (AvgIpc) is 3.28. The molecule has 1 N–H and O–H groups in total. The van der Waals surface area contributed by atoms with Crippen molar-refractivity contribution in [1.82, 2.24) is 4.57 Å². The molecule has 0 radical (unpaired) electrons. The topological polar surface area (TPSA) is 104 Å². The number of hydrogen-bond acceptors (Lipinski definition) is 6. The monoisotopic (exact) mass is 432 g/mol. The van der Waals surface area contributed by atoms with Crippen molar-refractivity contribution in [3.05, 3.63) is 77.9 Å². The number of carbonyl (C=O) groups excluding carboxylic acids is 2. The molecule has 30 heavy (non-hydrogen) atoms. The van der Waals surface area contributed by atoms with E-state index in [1.165, 1.54) is 18.2 Å². The lowest BCUT2D eigenvalue weighted by Crippen LogP contribution is -2.19. The highest BCUT2D eigenvalue weighted by Crippen LogP contribution is 2.26. The summed E-state index contributed by atoms with van der Waals surface area (Å²) in [6.07, 6.45) is 3.42. The first kappa shape index (κ1) is 21.1. The van der Waals surface area contributed by atoms with E-state index in [1.54, 1.807) is 29.1 Å². The highest BCUT2D eigenvalue weighted by atomic mass is 32.2. The number of halogens is 1. The first-order chi connectivity index (χ1) is 14.3. The molecular weight excluding hydrogens is 415 g/mol. The molecule has 0 spiro atoms. The third-order valence-corrected chi connectivity index (χ3v) is 5.60. The molecule has 0 atom stereocenters. The Morgan fingerprint density at radius 2 is 1.63 bits per heavy atom. The van der Waals surface area contributed by atoms with Gasteiger partial charge in [0, 0.05) is 18.1 Å². The SMILES string of the molecule is COC(=O)c1ccc(C(=O)OC)c(S(=O)(=O)Nc2cc(-n3cccc3)ccc2F)c1. The second kappa shape index (κ2) is 8.37.